The fourth-order valence-corrected chi connectivity index (χ4v) is 3.26. The van der Waals surface area contributed by atoms with E-state index in [1.54, 1.807) is 0 Å². The number of carbonyl (C=O) groups is 1. The van der Waals surface area contributed by atoms with E-state index in [-0.39, 0.29) is 30.3 Å². The van der Waals surface area contributed by atoms with E-state index in [1.165, 1.54) is 0 Å². The van der Waals surface area contributed by atoms with Gasteiger partial charge in [0.2, 0.25) is 0 Å². The van der Waals surface area contributed by atoms with Crippen molar-refractivity contribution in [3.8, 4) is 0 Å². The van der Waals surface area contributed by atoms with Crippen molar-refractivity contribution < 1.29 is 23.7 Å². The molecule has 5 atom stereocenters. The second kappa shape index (κ2) is 3.76. The summed E-state index contributed by atoms with van der Waals surface area (Å²) in [6.07, 6.45) is 0.898. The zero-order chi connectivity index (χ0) is 13.1. The summed E-state index contributed by atoms with van der Waals surface area (Å²) in [5.41, 5.74) is 0. The summed E-state index contributed by atoms with van der Waals surface area (Å²) in [4.78, 5) is 11.2. The molecule has 2 saturated heterocycles. The molecule has 3 rings (SSSR count). The highest BCUT2D eigenvalue weighted by molar-refractivity contribution is 5.55. The monoisotopic (exact) mass is 256 g/mol. The summed E-state index contributed by atoms with van der Waals surface area (Å²) in [6.45, 7) is 7.50. The van der Waals surface area contributed by atoms with Crippen molar-refractivity contribution in [2.45, 2.75) is 70.1 Å². The minimum Gasteiger partial charge on any atom is -0.344 e. The molecule has 1 aliphatic carbocycles. The van der Waals surface area contributed by atoms with Gasteiger partial charge in [-0.05, 0) is 34.1 Å². The molecule has 2 aliphatic heterocycles. The molecule has 0 unspecified atom stereocenters. The number of rotatable bonds is 1. The largest absolute Gasteiger partial charge is 0.344 e. The van der Waals surface area contributed by atoms with Crippen molar-refractivity contribution in [1.82, 2.24) is 0 Å². The first-order chi connectivity index (χ1) is 8.31. The molecular formula is C13H20O5. The van der Waals surface area contributed by atoms with Gasteiger partial charge in [0.15, 0.2) is 11.6 Å². The van der Waals surface area contributed by atoms with E-state index in [9.17, 15) is 4.79 Å². The highest BCUT2D eigenvalue weighted by atomic mass is 16.8. The average molecular weight is 256 g/mol. The summed E-state index contributed by atoms with van der Waals surface area (Å²) in [6, 6.07) is 0. The van der Waals surface area contributed by atoms with Gasteiger partial charge in [-0.15, -0.1) is 0 Å². The summed E-state index contributed by atoms with van der Waals surface area (Å²) < 4.78 is 23.5. The van der Waals surface area contributed by atoms with Gasteiger partial charge < -0.3 is 23.7 Å². The molecule has 5 heteroatoms. The maximum Gasteiger partial charge on any atom is 0.163 e. The normalized spacial score (nSPS) is 48.6. The second-order valence-electron chi connectivity index (χ2n) is 6.24. The van der Waals surface area contributed by atoms with Gasteiger partial charge in [-0.3, -0.25) is 0 Å². The van der Waals surface area contributed by atoms with Crippen LogP contribution in [-0.2, 0) is 23.7 Å². The molecule has 0 radical (unpaired) electrons. The van der Waals surface area contributed by atoms with E-state index in [1.807, 2.05) is 27.7 Å². The van der Waals surface area contributed by atoms with Crippen molar-refractivity contribution in [2.24, 2.45) is 5.92 Å². The van der Waals surface area contributed by atoms with Crippen molar-refractivity contribution in [3.05, 3.63) is 0 Å². The molecule has 0 aromatic heterocycles. The minimum absolute atomic E-state index is 0.0889. The molecule has 0 bridgehead atoms. The van der Waals surface area contributed by atoms with Crippen molar-refractivity contribution >= 4 is 6.29 Å². The molecule has 2 heterocycles. The third-order valence-electron chi connectivity index (χ3n) is 3.81. The lowest BCUT2D eigenvalue weighted by molar-refractivity contribution is -0.176. The standard InChI is InChI=1S/C13H20O5/c1-12(2)15-8-5-7(6-14)9-11(10(8)17-12)18-13(3,4)16-9/h6-11H,5H2,1-4H3/t7-,8-,9-,10-,11+/m1/s1. The Kier molecular flexibility index (Phi) is 2.62. The Morgan fingerprint density at radius 2 is 1.44 bits per heavy atom. The second-order valence-corrected chi connectivity index (χ2v) is 6.24. The molecule has 3 aliphatic rings. The molecule has 18 heavy (non-hydrogen) atoms. The van der Waals surface area contributed by atoms with Crippen LogP contribution in [0.4, 0.5) is 0 Å². The quantitative estimate of drug-likeness (QED) is 0.661. The van der Waals surface area contributed by atoms with Crippen LogP contribution in [-0.4, -0.2) is 42.3 Å². The van der Waals surface area contributed by atoms with Crippen LogP contribution >= 0.6 is 0 Å². The molecule has 0 amide bonds. The number of ether oxygens (including phenoxy) is 4. The zero-order valence-corrected chi connectivity index (χ0v) is 11.2. The first-order valence-corrected chi connectivity index (χ1v) is 6.48. The minimum atomic E-state index is -0.665. The molecule has 3 fully saturated rings. The highest BCUT2D eigenvalue weighted by Crippen LogP contribution is 2.46. The van der Waals surface area contributed by atoms with Crippen LogP contribution in [0.5, 0.6) is 0 Å². The fourth-order valence-electron chi connectivity index (χ4n) is 3.26. The average Bonchev–Trinajstić information content (AvgIpc) is 2.71. The van der Waals surface area contributed by atoms with Crippen LogP contribution in [0, 0.1) is 5.92 Å². The Morgan fingerprint density at radius 1 is 0.889 bits per heavy atom. The van der Waals surface area contributed by atoms with E-state index in [4.69, 9.17) is 18.9 Å². The summed E-state index contributed by atoms with van der Waals surface area (Å²) in [5, 5.41) is 0. The number of hydrogen-bond acceptors (Lipinski definition) is 5. The number of aldehydes is 1. The third kappa shape index (κ3) is 1.90. The van der Waals surface area contributed by atoms with Crippen molar-refractivity contribution in [2.75, 3.05) is 0 Å². The van der Waals surface area contributed by atoms with E-state index in [2.05, 4.69) is 0 Å². The molecule has 0 N–H and O–H groups in total. The van der Waals surface area contributed by atoms with Gasteiger partial charge in [0.05, 0.1) is 12.2 Å². The van der Waals surface area contributed by atoms with E-state index in [0.29, 0.717) is 6.42 Å². The highest BCUT2D eigenvalue weighted by Gasteiger charge is 2.59. The third-order valence-corrected chi connectivity index (χ3v) is 3.81. The fraction of sp³-hybridized carbons (Fsp3) is 0.923. The van der Waals surface area contributed by atoms with Crippen LogP contribution in [0.15, 0.2) is 0 Å². The zero-order valence-electron chi connectivity index (χ0n) is 11.2. The first-order valence-electron chi connectivity index (χ1n) is 6.48. The first kappa shape index (κ1) is 12.5. The number of fused-ring (bicyclic) bond motifs is 3. The SMILES string of the molecule is CC1(C)O[C@H]2[C@H](O1)[C@@H](C=O)C[C@H]1OC(C)(C)O[C@@H]21. The van der Waals surface area contributed by atoms with Gasteiger partial charge in [-0.25, -0.2) is 0 Å². The molecule has 0 aromatic carbocycles. The van der Waals surface area contributed by atoms with Crippen LogP contribution in [0.1, 0.15) is 34.1 Å². The van der Waals surface area contributed by atoms with Crippen LogP contribution in [0.2, 0.25) is 0 Å². The maximum atomic E-state index is 11.2. The lowest BCUT2D eigenvalue weighted by Gasteiger charge is -2.34. The molecule has 1 saturated carbocycles. The predicted octanol–water partition coefficient (Wildman–Crippen LogP) is 1.25. The smallest absolute Gasteiger partial charge is 0.163 e. The number of carbonyl (C=O) groups excluding carboxylic acids is 1. The Morgan fingerprint density at radius 3 is 2.11 bits per heavy atom. The molecule has 0 aromatic rings. The van der Waals surface area contributed by atoms with E-state index >= 15 is 0 Å². The van der Waals surface area contributed by atoms with E-state index < -0.39 is 11.6 Å². The molecule has 102 valence electrons. The van der Waals surface area contributed by atoms with Crippen LogP contribution in [0.25, 0.3) is 0 Å². The van der Waals surface area contributed by atoms with Crippen molar-refractivity contribution in [1.29, 1.82) is 0 Å². The van der Waals surface area contributed by atoms with Crippen LogP contribution in [0.3, 0.4) is 0 Å². The number of hydrogen-bond donors (Lipinski definition) is 0. The van der Waals surface area contributed by atoms with Gasteiger partial charge in [-0.2, -0.15) is 0 Å². The Balaban J connectivity index is 1.89. The van der Waals surface area contributed by atoms with Crippen LogP contribution < -0.4 is 0 Å². The maximum absolute atomic E-state index is 11.2. The van der Waals surface area contributed by atoms with Gasteiger partial charge >= 0.3 is 0 Å². The summed E-state index contributed by atoms with van der Waals surface area (Å²) in [7, 11) is 0. The van der Waals surface area contributed by atoms with Gasteiger partial charge in [0.1, 0.15) is 18.5 Å². The Hall–Kier alpha value is -0.490. The predicted molar refractivity (Wildman–Crippen MR) is 61.8 cm³/mol. The Labute approximate surface area is 107 Å². The molecule has 5 nitrogen and oxygen atoms in total. The lowest BCUT2D eigenvalue weighted by Crippen LogP contribution is -2.51. The molecular weight excluding hydrogens is 236 g/mol. The van der Waals surface area contributed by atoms with Gasteiger partial charge in [-0.1, -0.05) is 0 Å². The summed E-state index contributed by atoms with van der Waals surface area (Å²) >= 11 is 0. The lowest BCUT2D eigenvalue weighted by atomic mass is 9.82. The molecule has 0 spiro atoms. The van der Waals surface area contributed by atoms with Gasteiger partial charge in [0.25, 0.3) is 0 Å². The topological polar surface area (TPSA) is 54.0 Å². The van der Waals surface area contributed by atoms with E-state index in [0.717, 1.165) is 6.29 Å². The van der Waals surface area contributed by atoms with Gasteiger partial charge in [0, 0.05) is 5.92 Å². The Bertz CT molecular complexity index is 364. The van der Waals surface area contributed by atoms with Crippen molar-refractivity contribution in [3.63, 3.8) is 0 Å². The summed E-state index contributed by atoms with van der Waals surface area (Å²) in [5.74, 6) is -1.47.